The molecule has 0 aliphatic heterocycles. The Bertz CT molecular complexity index is 1110. The van der Waals surface area contributed by atoms with Gasteiger partial charge in [-0.15, -0.1) is 0 Å². The van der Waals surface area contributed by atoms with Crippen LogP contribution in [0, 0.1) is 6.92 Å². The molecule has 152 valence electrons. The maximum Gasteiger partial charge on any atom is 0.238 e. The van der Waals surface area contributed by atoms with Crippen molar-refractivity contribution in [1.29, 1.82) is 0 Å². The number of unbranched alkanes of at least 4 members (excludes halogenated alkanes) is 1. The number of thiazole rings is 1. The van der Waals surface area contributed by atoms with Gasteiger partial charge in [-0.3, -0.25) is 4.79 Å². The van der Waals surface area contributed by atoms with Crippen LogP contribution in [0.1, 0.15) is 39.2 Å². The molecule has 0 bridgehead atoms. The quantitative estimate of drug-likeness (QED) is 0.398. The molecule has 0 aliphatic rings. The largest absolute Gasteiger partial charge is 0.362 e. The van der Waals surface area contributed by atoms with E-state index in [1.165, 1.54) is 17.4 Å². The Hall–Kier alpha value is -2.55. The van der Waals surface area contributed by atoms with E-state index in [1.807, 2.05) is 37.3 Å². The van der Waals surface area contributed by atoms with Crippen molar-refractivity contribution < 1.29 is 13.2 Å². The Morgan fingerprint density at radius 1 is 1.10 bits per heavy atom. The number of carbonyl (C=O) groups is 1. The number of carbonyl (C=O) groups excluding carboxylic acids is 1. The second-order valence-corrected chi connectivity index (χ2v) is 9.27. The van der Waals surface area contributed by atoms with Gasteiger partial charge in [0.1, 0.15) is 0 Å². The second kappa shape index (κ2) is 9.30. The lowest BCUT2D eigenvalue weighted by Crippen LogP contribution is -2.14. The van der Waals surface area contributed by atoms with Crippen LogP contribution in [0.15, 0.2) is 59.6 Å². The standard InChI is InChI=1S/C21H23N3O3S2/c1-15-8-2-4-11-17(15)20(25)18-14-24-21(28-18)23-13-7-6-10-16-9-3-5-12-19(16)29(22,26)27/h2-5,8-9,11-12,14H,6-7,10,13H2,1H3,(H,23,24)(H2,22,26,27). The number of hydrogen-bond acceptors (Lipinski definition) is 6. The van der Waals surface area contributed by atoms with E-state index in [2.05, 4.69) is 10.3 Å². The van der Waals surface area contributed by atoms with Crippen LogP contribution in [-0.4, -0.2) is 25.7 Å². The number of hydrogen-bond donors (Lipinski definition) is 2. The molecule has 0 unspecified atom stereocenters. The van der Waals surface area contributed by atoms with Gasteiger partial charge in [0.2, 0.25) is 15.8 Å². The Balaban J connectivity index is 1.50. The molecule has 0 fully saturated rings. The number of aromatic nitrogens is 1. The maximum atomic E-state index is 12.6. The molecule has 1 aromatic heterocycles. The molecular formula is C21H23N3O3S2. The number of rotatable bonds is 9. The van der Waals surface area contributed by atoms with Gasteiger partial charge < -0.3 is 5.32 Å². The molecule has 0 radical (unpaired) electrons. The summed E-state index contributed by atoms with van der Waals surface area (Å²) >= 11 is 1.34. The Labute approximate surface area is 174 Å². The average Bonchev–Trinajstić information content (AvgIpc) is 3.16. The van der Waals surface area contributed by atoms with Gasteiger partial charge in [-0.25, -0.2) is 18.5 Å². The number of sulfonamides is 1. The topological polar surface area (TPSA) is 102 Å². The van der Waals surface area contributed by atoms with Crippen molar-refractivity contribution in [2.24, 2.45) is 5.14 Å². The highest BCUT2D eigenvalue weighted by Crippen LogP contribution is 2.23. The molecule has 3 rings (SSSR count). The first-order valence-corrected chi connectivity index (χ1v) is 11.6. The zero-order valence-corrected chi connectivity index (χ0v) is 17.7. The van der Waals surface area contributed by atoms with E-state index in [0.29, 0.717) is 28.5 Å². The van der Waals surface area contributed by atoms with Gasteiger partial charge in [0, 0.05) is 12.1 Å². The van der Waals surface area contributed by atoms with Crippen molar-refractivity contribution in [1.82, 2.24) is 4.98 Å². The highest BCUT2D eigenvalue weighted by molar-refractivity contribution is 7.89. The molecule has 3 N–H and O–H groups in total. The van der Waals surface area contributed by atoms with Gasteiger partial charge in [-0.05, 0) is 43.4 Å². The fourth-order valence-electron chi connectivity index (χ4n) is 3.04. The number of aryl methyl sites for hydroxylation is 2. The zero-order chi connectivity index (χ0) is 20.9. The predicted octanol–water partition coefficient (Wildman–Crippen LogP) is 3.76. The summed E-state index contributed by atoms with van der Waals surface area (Å²) in [5.41, 5.74) is 2.37. The van der Waals surface area contributed by atoms with Crippen LogP contribution < -0.4 is 10.5 Å². The molecule has 0 spiro atoms. The minimum absolute atomic E-state index is 0.0201. The summed E-state index contributed by atoms with van der Waals surface area (Å²) in [6, 6.07) is 14.3. The number of primary sulfonamides is 1. The monoisotopic (exact) mass is 429 g/mol. The van der Waals surface area contributed by atoms with Crippen LogP contribution in [0.2, 0.25) is 0 Å². The molecule has 0 atom stereocenters. The smallest absolute Gasteiger partial charge is 0.238 e. The molecule has 0 saturated carbocycles. The molecule has 8 heteroatoms. The first-order valence-electron chi connectivity index (χ1n) is 9.27. The fourth-order valence-corrected chi connectivity index (χ4v) is 4.64. The number of nitrogens with two attached hydrogens (primary N) is 1. The predicted molar refractivity (Wildman–Crippen MR) is 116 cm³/mol. The Morgan fingerprint density at radius 2 is 1.83 bits per heavy atom. The SMILES string of the molecule is Cc1ccccc1C(=O)c1cnc(NCCCCc2ccccc2S(N)(=O)=O)s1. The van der Waals surface area contributed by atoms with Crippen LogP contribution in [0.25, 0.3) is 0 Å². The van der Waals surface area contributed by atoms with Crippen LogP contribution in [-0.2, 0) is 16.4 Å². The molecule has 29 heavy (non-hydrogen) atoms. The van der Waals surface area contributed by atoms with E-state index in [0.717, 1.165) is 24.0 Å². The summed E-state index contributed by atoms with van der Waals surface area (Å²) in [6.07, 6.45) is 3.87. The summed E-state index contributed by atoms with van der Waals surface area (Å²) in [6.45, 7) is 2.60. The number of nitrogens with zero attached hydrogens (tertiary/aromatic N) is 1. The summed E-state index contributed by atoms with van der Waals surface area (Å²) in [5, 5.41) is 9.20. The Kier molecular flexibility index (Phi) is 6.79. The van der Waals surface area contributed by atoms with E-state index >= 15 is 0 Å². The molecule has 6 nitrogen and oxygen atoms in total. The van der Waals surface area contributed by atoms with Gasteiger partial charge in [-0.2, -0.15) is 0 Å². The number of ketones is 1. The van der Waals surface area contributed by atoms with Crippen LogP contribution in [0.5, 0.6) is 0 Å². The van der Waals surface area contributed by atoms with Crippen molar-refractivity contribution in [2.45, 2.75) is 31.1 Å². The fraction of sp³-hybridized carbons (Fsp3) is 0.238. The average molecular weight is 430 g/mol. The van der Waals surface area contributed by atoms with Gasteiger partial charge in [0.15, 0.2) is 5.13 Å². The third-order valence-electron chi connectivity index (χ3n) is 4.55. The minimum Gasteiger partial charge on any atom is -0.362 e. The van der Waals surface area contributed by atoms with Gasteiger partial charge in [0.25, 0.3) is 0 Å². The van der Waals surface area contributed by atoms with Gasteiger partial charge >= 0.3 is 0 Å². The van der Waals surface area contributed by atoms with Crippen molar-refractivity contribution >= 4 is 32.3 Å². The van der Waals surface area contributed by atoms with Crippen molar-refractivity contribution in [3.05, 3.63) is 76.3 Å². The van der Waals surface area contributed by atoms with Crippen LogP contribution >= 0.6 is 11.3 Å². The van der Waals surface area contributed by atoms with Crippen LogP contribution in [0.3, 0.4) is 0 Å². The van der Waals surface area contributed by atoms with Gasteiger partial charge in [0.05, 0.1) is 16.0 Å². The Morgan fingerprint density at radius 3 is 2.59 bits per heavy atom. The highest BCUT2D eigenvalue weighted by Gasteiger charge is 2.15. The third kappa shape index (κ3) is 5.50. The third-order valence-corrected chi connectivity index (χ3v) is 6.51. The normalized spacial score (nSPS) is 11.4. The van der Waals surface area contributed by atoms with Crippen molar-refractivity contribution in [3.63, 3.8) is 0 Å². The molecule has 0 amide bonds. The van der Waals surface area contributed by atoms with Crippen molar-refractivity contribution in [2.75, 3.05) is 11.9 Å². The first kappa shape index (κ1) is 21.2. The number of nitrogens with one attached hydrogen (secondary N) is 1. The zero-order valence-electron chi connectivity index (χ0n) is 16.1. The molecule has 0 aliphatic carbocycles. The summed E-state index contributed by atoms with van der Waals surface area (Å²) in [4.78, 5) is 17.7. The molecular weight excluding hydrogens is 406 g/mol. The highest BCUT2D eigenvalue weighted by atomic mass is 32.2. The summed E-state index contributed by atoms with van der Waals surface area (Å²) in [5.74, 6) is -0.0201. The van der Waals surface area contributed by atoms with E-state index in [4.69, 9.17) is 5.14 Å². The molecule has 1 heterocycles. The lowest BCUT2D eigenvalue weighted by molar-refractivity contribution is 0.104. The maximum absolute atomic E-state index is 12.6. The first-order chi connectivity index (χ1) is 13.9. The van der Waals surface area contributed by atoms with E-state index in [-0.39, 0.29) is 10.7 Å². The number of benzene rings is 2. The van der Waals surface area contributed by atoms with E-state index < -0.39 is 10.0 Å². The van der Waals surface area contributed by atoms with Crippen LogP contribution in [0.4, 0.5) is 5.13 Å². The van der Waals surface area contributed by atoms with Crippen molar-refractivity contribution in [3.8, 4) is 0 Å². The molecule has 3 aromatic rings. The molecule has 0 saturated heterocycles. The second-order valence-electron chi connectivity index (χ2n) is 6.71. The minimum atomic E-state index is -3.71. The lowest BCUT2D eigenvalue weighted by atomic mass is 10.0. The number of anilines is 1. The molecule has 2 aromatic carbocycles. The van der Waals surface area contributed by atoms with E-state index in [9.17, 15) is 13.2 Å². The van der Waals surface area contributed by atoms with E-state index in [1.54, 1.807) is 18.3 Å². The van der Waals surface area contributed by atoms with Gasteiger partial charge in [-0.1, -0.05) is 53.8 Å². The lowest BCUT2D eigenvalue weighted by Gasteiger charge is -2.07. The summed E-state index contributed by atoms with van der Waals surface area (Å²) < 4.78 is 23.3. The summed E-state index contributed by atoms with van der Waals surface area (Å²) in [7, 11) is -3.71.